The number of ether oxygens (including phenoxy) is 1. The largest absolute Gasteiger partial charge is 0.480 e. The van der Waals surface area contributed by atoms with Gasteiger partial charge >= 0.3 is 12.1 Å². The highest BCUT2D eigenvalue weighted by Gasteiger charge is 2.36. The van der Waals surface area contributed by atoms with Crippen LogP contribution in [0.2, 0.25) is 0 Å². The van der Waals surface area contributed by atoms with Gasteiger partial charge in [0.1, 0.15) is 5.75 Å². The molecular weight excluding hydrogens is 551 g/mol. The number of halogens is 4. The molecule has 2 rings (SSSR count). The molecule has 1 amide bonds. The lowest BCUT2D eigenvalue weighted by molar-refractivity contribution is -0.139. The molecule has 0 fully saturated rings. The molecule has 5 nitrogen and oxygen atoms in total. The summed E-state index contributed by atoms with van der Waals surface area (Å²) in [6, 6.07) is 6.76. The van der Waals surface area contributed by atoms with E-state index in [0.29, 0.717) is 10.9 Å². The molecule has 9 heteroatoms. The van der Waals surface area contributed by atoms with E-state index in [9.17, 15) is 22.8 Å². The van der Waals surface area contributed by atoms with Crippen molar-refractivity contribution >= 4 is 27.8 Å². The van der Waals surface area contributed by atoms with Crippen LogP contribution in [0.5, 0.6) is 5.75 Å². The van der Waals surface area contributed by atoms with Crippen LogP contribution in [0.3, 0.4) is 0 Å². The maximum atomic E-state index is 13.7. The van der Waals surface area contributed by atoms with E-state index < -0.39 is 35.8 Å². The van der Waals surface area contributed by atoms with Crippen LogP contribution in [0.25, 0.3) is 11.1 Å². The fourth-order valence-electron chi connectivity index (χ4n) is 4.37. The minimum absolute atomic E-state index is 0.0380. The Balaban J connectivity index is 2.25. The van der Waals surface area contributed by atoms with Gasteiger partial charge < -0.3 is 15.6 Å². The molecule has 0 spiro atoms. The number of unbranched alkanes of at least 4 members (excludes halogenated alkanes) is 9. The number of amides is 1. The van der Waals surface area contributed by atoms with Gasteiger partial charge in [0.2, 0.25) is 5.91 Å². The Morgan fingerprint density at radius 1 is 0.946 bits per heavy atom. The highest BCUT2D eigenvalue weighted by molar-refractivity contribution is 9.10. The Kier molecular flexibility index (Phi) is 12.4. The number of rotatable bonds is 16. The molecule has 0 saturated heterocycles. The molecule has 204 valence electrons. The van der Waals surface area contributed by atoms with E-state index in [0.717, 1.165) is 30.9 Å². The van der Waals surface area contributed by atoms with E-state index in [1.165, 1.54) is 57.1 Å². The second-order valence-electron chi connectivity index (χ2n) is 9.16. The number of benzene rings is 2. The highest BCUT2D eigenvalue weighted by atomic mass is 79.9. The molecule has 37 heavy (non-hydrogen) atoms. The monoisotopic (exact) mass is 585 g/mol. The van der Waals surface area contributed by atoms with E-state index in [1.54, 1.807) is 12.1 Å². The number of hydrogen-bond donors (Lipinski definition) is 2. The predicted octanol–water partition coefficient (Wildman–Crippen LogP) is 8.16. The molecule has 0 aromatic heterocycles. The number of alkyl halides is 3. The topological polar surface area (TPSA) is 89.6 Å². The molecule has 0 aliphatic heterocycles. The fourth-order valence-corrected chi connectivity index (χ4v) is 4.99. The summed E-state index contributed by atoms with van der Waals surface area (Å²) in [5, 5.41) is 9.07. The first kappa shape index (κ1) is 30.7. The lowest BCUT2D eigenvalue weighted by Crippen LogP contribution is -2.20. The van der Waals surface area contributed by atoms with Gasteiger partial charge in [-0.25, -0.2) is 4.79 Å². The van der Waals surface area contributed by atoms with Gasteiger partial charge in [0.15, 0.2) is 6.61 Å². The first-order chi connectivity index (χ1) is 17.6. The molecule has 0 saturated carbocycles. The molecule has 0 heterocycles. The minimum atomic E-state index is -4.80. The van der Waals surface area contributed by atoms with Crippen LogP contribution in [0.4, 0.5) is 13.2 Å². The molecule has 2 aromatic rings. The van der Waals surface area contributed by atoms with Gasteiger partial charge in [-0.3, -0.25) is 4.79 Å². The van der Waals surface area contributed by atoms with Crippen LogP contribution in [0.15, 0.2) is 34.8 Å². The molecule has 0 aliphatic rings. The van der Waals surface area contributed by atoms with Crippen molar-refractivity contribution in [1.29, 1.82) is 0 Å². The van der Waals surface area contributed by atoms with Crippen molar-refractivity contribution < 1.29 is 32.6 Å². The Morgan fingerprint density at radius 3 is 2.08 bits per heavy atom. The van der Waals surface area contributed by atoms with Crippen LogP contribution in [0, 0.1) is 0 Å². The summed E-state index contributed by atoms with van der Waals surface area (Å²) >= 11 is 3.38. The summed E-state index contributed by atoms with van der Waals surface area (Å²) in [6.45, 7) is 1.50. The lowest BCUT2D eigenvalue weighted by atomic mass is 9.92. The Bertz CT molecular complexity index is 1060. The fraction of sp³-hybridized carbons (Fsp3) is 0.500. The molecule has 2 aromatic carbocycles. The second-order valence-corrected chi connectivity index (χ2v) is 10.0. The van der Waals surface area contributed by atoms with Gasteiger partial charge in [-0.05, 0) is 58.1 Å². The van der Waals surface area contributed by atoms with Crippen LogP contribution in [0.1, 0.15) is 92.6 Å². The van der Waals surface area contributed by atoms with Crippen molar-refractivity contribution in [2.45, 2.75) is 83.7 Å². The van der Waals surface area contributed by atoms with Crippen molar-refractivity contribution in [2.75, 3.05) is 6.61 Å². The number of carboxylic acid groups (broad SMARTS) is 1. The molecule has 0 unspecified atom stereocenters. The van der Waals surface area contributed by atoms with Crippen LogP contribution in [-0.4, -0.2) is 23.6 Å². The van der Waals surface area contributed by atoms with E-state index in [4.69, 9.17) is 15.6 Å². The standard InChI is InChI=1S/C28H35BrF3NO4/c1-2-3-4-5-6-7-8-9-10-11-13-19-16-21(26(23(29)17-19)37-18-24(34)35)20-14-12-15-22(28(30,31)32)25(20)27(33)36/h12,14-17H,2-11,13,18H2,1H3,(H2,33,36)(H,34,35). The maximum absolute atomic E-state index is 13.7. The van der Waals surface area contributed by atoms with Gasteiger partial charge in [0.05, 0.1) is 15.6 Å². The number of carbonyl (C=O) groups excluding carboxylic acids is 1. The van der Waals surface area contributed by atoms with Crippen molar-refractivity contribution in [3.63, 3.8) is 0 Å². The molecular formula is C28H35BrF3NO4. The van der Waals surface area contributed by atoms with Gasteiger partial charge in [0.25, 0.3) is 0 Å². The van der Waals surface area contributed by atoms with Crippen LogP contribution < -0.4 is 10.5 Å². The van der Waals surface area contributed by atoms with Gasteiger partial charge in [-0.15, -0.1) is 0 Å². The number of carbonyl (C=O) groups is 2. The molecule has 3 N–H and O–H groups in total. The quantitative estimate of drug-likeness (QED) is 0.194. The summed E-state index contributed by atoms with van der Waals surface area (Å²) < 4.78 is 46.8. The first-order valence-electron chi connectivity index (χ1n) is 12.7. The number of hydrogen-bond acceptors (Lipinski definition) is 3. The number of nitrogens with two attached hydrogens (primary N) is 1. The van der Waals surface area contributed by atoms with Crippen molar-refractivity contribution in [3.8, 4) is 16.9 Å². The summed E-state index contributed by atoms with van der Waals surface area (Å²) in [5.74, 6) is -2.44. The van der Waals surface area contributed by atoms with Crippen molar-refractivity contribution in [2.24, 2.45) is 5.73 Å². The zero-order chi connectivity index (χ0) is 27.4. The Hall–Kier alpha value is -2.55. The van der Waals surface area contributed by atoms with Crippen LogP contribution >= 0.6 is 15.9 Å². The average Bonchev–Trinajstić information content (AvgIpc) is 2.83. The number of primary amides is 1. The smallest absolute Gasteiger partial charge is 0.417 e. The number of aryl methyl sites for hydroxylation is 1. The molecule has 0 radical (unpaired) electrons. The Labute approximate surface area is 224 Å². The normalized spacial score (nSPS) is 11.5. The van der Waals surface area contributed by atoms with Gasteiger partial charge in [-0.1, -0.05) is 76.8 Å². The third-order valence-electron chi connectivity index (χ3n) is 6.17. The van der Waals surface area contributed by atoms with E-state index in [-0.39, 0.29) is 16.9 Å². The van der Waals surface area contributed by atoms with Crippen molar-refractivity contribution in [3.05, 3.63) is 51.5 Å². The number of aliphatic carboxylic acids is 1. The molecule has 0 aliphatic carbocycles. The third kappa shape index (κ3) is 9.68. The third-order valence-corrected chi connectivity index (χ3v) is 6.76. The first-order valence-corrected chi connectivity index (χ1v) is 13.5. The lowest BCUT2D eigenvalue weighted by Gasteiger charge is -2.19. The summed E-state index contributed by atoms with van der Waals surface area (Å²) in [7, 11) is 0. The predicted molar refractivity (Wildman–Crippen MR) is 142 cm³/mol. The Morgan fingerprint density at radius 2 is 1.54 bits per heavy atom. The van der Waals surface area contributed by atoms with E-state index in [2.05, 4.69) is 22.9 Å². The summed E-state index contributed by atoms with van der Waals surface area (Å²) in [4.78, 5) is 23.3. The zero-order valence-corrected chi connectivity index (χ0v) is 22.7. The average molecular weight is 586 g/mol. The highest BCUT2D eigenvalue weighted by Crippen LogP contribution is 2.43. The van der Waals surface area contributed by atoms with Crippen LogP contribution in [-0.2, 0) is 17.4 Å². The SMILES string of the molecule is CCCCCCCCCCCCc1cc(Br)c(OCC(=O)O)c(-c2cccc(C(F)(F)F)c2C(N)=O)c1. The second kappa shape index (κ2) is 15.0. The maximum Gasteiger partial charge on any atom is 0.417 e. The van der Waals surface area contributed by atoms with Gasteiger partial charge in [0, 0.05) is 5.56 Å². The number of carboxylic acids is 1. The summed E-state index contributed by atoms with van der Waals surface area (Å²) in [5.41, 5.74) is 4.49. The van der Waals surface area contributed by atoms with Gasteiger partial charge in [-0.2, -0.15) is 13.2 Å². The zero-order valence-electron chi connectivity index (χ0n) is 21.1. The van der Waals surface area contributed by atoms with Crippen molar-refractivity contribution in [1.82, 2.24) is 0 Å². The van der Waals surface area contributed by atoms with E-state index >= 15 is 0 Å². The molecule has 0 bridgehead atoms. The summed E-state index contributed by atoms with van der Waals surface area (Å²) in [6.07, 6.45) is 7.66. The van der Waals surface area contributed by atoms with E-state index in [1.807, 2.05) is 0 Å². The minimum Gasteiger partial charge on any atom is -0.480 e. The molecule has 0 atom stereocenters.